The lowest BCUT2D eigenvalue weighted by Crippen LogP contribution is -2.19. The first-order chi connectivity index (χ1) is 8.40. The van der Waals surface area contributed by atoms with Crippen LogP contribution < -0.4 is 4.74 Å². The summed E-state index contributed by atoms with van der Waals surface area (Å²) in [6, 6.07) is 3.77. The Balaban J connectivity index is 2.71. The van der Waals surface area contributed by atoms with Crippen LogP contribution in [0.25, 0.3) is 0 Å². The summed E-state index contributed by atoms with van der Waals surface area (Å²) in [5, 5.41) is 9.49. The standard InChI is InChI=1S/C13H17FO4/c1-8(2)18-13(16)7-17-12-6-10(14)4-5-11(12)9(3)15/h4-6,8-9,15H,7H2,1-3H3. The molecule has 1 aromatic carbocycles. The van der Waals surface area contributed by atoms with Crippen molar-refractivity contribution in [1.82, 2.24) is 0 Å². The number of benzene rings is 1. The molecule has 1 aromatic rings. The van der Waals surface area contributed by atoms with E-state index in [9.17, 15) is 14.3 Å². The molecule has 1 atom stereocenters. The van der Waals surface area contributed by atoms with Crippen molar-refractivity contribution in [3.63, 3.8) is 0 Å². The first-order valence-electron chi connectivity index (χ1n) is 5.70. The molecule has 0 aliphatic heterocycles. The van der Waals surface area contributed by atoms with Gasteiger partial charge in [-0.25, -0.2) is 9.18 Å². The molecule has 0 aliphatic carbocycles. The molecule has 0 aromatic heterocycles. The fraction of sp³-hybridized carbons (Fsp3) is 0.462. The topological polar surface area (TPSA) is 55.8 Å². The van der Waals surface area contributed by atoms with Gasteiger partial charge in [-0.1, -0.05) is 0 Å². The van der Waals surface area contributed by atoms with Gasteiger partial charge >= 0.3 is 5.97 Å². The molecule has 0 aliphatic rings. The Morgan fingerprint density at radius 2 is 2.06 bits per heavy atom. The van der Waals surface area contributed by atoms with Gasteiger partial charge in [0.2, 0.25) is 0 Å². The zero-order valence-corrected chi connectivity index (χ0v) is 10.6. The molecule has 0 amide bonds. The average molecular weight is 256 g/mol. The van der Waals surface area contributed by atoms with Crippen molar-refractivity contribution in [2.24, 2.45) is 0 Å². The van der Waals surface area contributed by atoms with Crippen LogP contribution in [0.2, 0.25) is 0 Å². The fourth-order valence-corrected chi connectivity index (χ4v) is 1.41. The van der Waals surface area contributed by atoms with E-state index < -0.39 is 17.9 Å². The third-order valence-electron chi connectivity index (χ3n) is 2.14. The number of ether oxygens (including phenoxy) is 2. The lowest BCUT2D eigenvalue weighted by Gasteiger charge is -2.14. The molecule has 18 heavy (non-hydrogen) atoms. The molecule has 0 bridgehead atoms. The number of aliphatic hydroxyl groups excluding tert-OH is 1. The number of hydrogen-bond acceptors (Lipinski definition) is 4. The number of esters is 1. The SMILES string of the molecule is CC(C)OC(=O)COc1cc(F)ccc1C(C)O. The summed E-state index contributed by atoms with van der Waals surface area (Å²) in [5.74, 6) is -0.886. The zero-order chi connectivity index (χ0) is 13.7. The third-order valence-corrected chi connectivity index (χ3v) is 2.14. The minimum atomic E-state index is -0.804. The number of hydrogen-bond donors (Lipinski definition) is 1. The first-order valence-corrected chi connectivity index (χ1v) is 5.70. The Labute approximate surface area is 105 Å². The van der Waals surface area contributed by atoms with Gasteiger partial charge in [0.05, 0.1) is 12.2 Å². The summed E-state index contributed by atoms with van der Waals surface area (Å²) < 4.78 is 23.1. The maximum Gasteiger partial charge on any atom is 0.344 e. The highest BCUT2D eigenvalue weighted by Crippen LogP contribution is 2.25. The summed E-state index contributed by atoms with van der Waals surface area (Å²) in [6.07, 6.45) is -1.04. The Morgan fingerprint density at radius 3 is 2.61 bits per heavy atom. The van der Waals surface area contributed by atoms with E-state index in [1.807, 2.05) is 0 Å². The largest absolute Gasteiger partial charge is 0.481 e. The lowest BCUT2D eigenvalue weighted by atomic mass is 10.1. The van der Waals surface area contributed by atoms with Gasteiger partial charge in [-0.2, -0.15) is 0 Å². The molecule has 0 spiro atoms. The van der Waals surface area contributed by atoms with Crippen molar-refractivity contribution in [3.05, 3.63) is 29.6 Å². The molecule has 5 heteroatoms. The van der Waals surface area contributed by atoms with Crippen molar-refractivity contribution in [3.8, 4) is 5.75 Å². The molecule has 100 valence electrons. The Morgan fingerprint density at radius 1 is 1.39 bits per heavy atom. The third kappa shape index (κ3) is 4.33. The van der Waals surface area contributed by atoms with Crippen LogP contribution in [0.3, 0.4) is 0 Å². The van der Waals surface area contributed by atoms with Gasteiger partial charge in [0.15, 0.2) is 6.61 Å². The number of aliphatic hydroxyl groups is 1. The van der Waals surface area contributed by atoms with Crippen LogP contribution in [-0.2, 0) is 9.53 Å². The van der Waals surface area contributed by atoms with Gasteiger partial charge in [-0.05, 0) is 32.9 Å². The van der Waals surface area contributed by atoms with Gasteiger partial charge in [0.1, 0.15) is 11.6 Å². The predicted octanol–water partition coefficient (Wildman–Crippen LogP) is 2.21. The van der Waals surface area contributed by atoms with Crippen LogP contribution in [0.5, 0.6) is 5.75 Å². The van der Waals surface area contributed by atoms with E-state index in [-0.39, 0.29) is 18.5 Å². The summed E-state index contributed by atoms with van der Waals surface area (Å²) in [4.78, 5) is 11.3. The summed E-state index contributed by atoms with van der Waals surface area (Å²) in [6.45, 7) is 4.66. The number of rotatable bonds is 5. The van der Waals surface area contributed by atoms with E-state index in [1.54, 1.807) is 13.8 Å². The maximum absolute atomic E-state index is 13.1. The summed E-state index contributed by atoms with van der Waals surface area (Å²) in [5.41, 5.74) is 0.425. The maximum atomic E-state index is 13.1. The van der Waals surface area contributed by atoms with E-state index in [4.69, 9.17) is 9.47 Å². The molecule has 0 radical (unpaired) electrons. The second-order valence-corrected chi connectivity index (χ2v) is 4.19. The zero-order valence-electron chi connectivity index (χ0n) is 10.6. The van der Waals surface area contributed by atoms with E-state index in [0.717, 1.165) is 6.07 Å². The van der Waals surface area contributed by atoms with Crippen LogP contribution in [0.4, 0.5) is 4.39 Å². The highest BCUT2D eigenvalue weighted by atomic mass is 19.1. The van der Waals surface area contributed by atoms with Crippen LogP contribution in [0.1, 0.15) is 32.4 Å². The van der Waals surface area contributed by atoms with E-state index in [0.29, 0.717) is 5.56 Å². The second-order valence-electron chi connectivity index (χ2n) is 4.19. The lowest BCUT2D eigenvalue weighted by molar-refractivity contribution is -0.149. The molecule has 0 saturated carbocycles. The highest BCUT2D eigenvalue weighted by molar-refractivity contribution is 5.71. The van der Waals surface area contributed by atoms with Crippen LogP contribution in [0.15, 0.2) is 18.2 Å². The first kappa shape index (κ1) is 14.4. The molecule has 0 heterocycles. The van der Waals surface area contributed by atoms with Crippen LogP contribution in [-0.4, -0.2) is 23.8 Å². The molecule has 1 rings (SSSR count). The molecular weight excluding hydrogens is 239 g/mol. The summed E-state index contributed by atoms with van der Waals surface area (Å²) >= 11 is 0. The molecular formula is C13H17FO4. The molecule has 1 unspecified atom stereocenters. The molecule has 4 nitrogen and oxygen atoms in total. The minimum Gasteiger partial charge on any atom is -0.481 e. The van der Waals surface area contributed by atoms with Crippen molar-refractivity contribution < 1.29 is 23.8 Å². The van der Waals surface area contributed by atoms with Crippen molar-refractivity contribution in [2.75, 3.05) is 6.61 Å². The monoisotopic (exact) mass is 256 g/mol. The normalized spacial score (nSPS) is 12.3. The second kappa shape index (κ2) is 6.35. The fourth-order valence-electron chi connectivity index (χ4n) is 1.41. The average Bonchev–Trinajstić information content (AvgIpc) is 2.25. The van der Waals surface area contributed by atoms with Gasteiger partial charge in [-0.15, -0.1) is 0 Å². The van der Waals surface area contributed by atoms with Crippen molar-refractivity contribution in [1.29, 1.82) is 0 Å². The number of halogens is 1. The van der Waals surface area contributed by atoms with Crippen molar-refractivity contribution in [2.45, 2.75) is 33.0 Å². The smallest absolute Gasteiger partial charge is 0.344 e. The minimum absolute atomic E-state index is 0.144. The van der Waals surface area contributed by atoms with Gasteiger partial charge in [0.25, 0.3) is 0 Å². The summed E-state index contributed by atoms with van der Waals surface area (Å²) in [7, 11) is 0. The van der Waals surface area contributed by atoms with Gasteiger partial charge in [-0.3, -0.25) is 0 Å². The highest BCUT2D eigenvalue weighted by Gasteiger charge is 2.13. The Hall–Kier alpha value is -1.62. The molecule has 0 fully saturated rings. The van der Waals surface area contributed by atoms with E-state index >= 15 is 0 Å². The van der Waals surface area contributed by atoms with Crippen molar-refractivity contribution >= 4 is 5.97 Å². The van der Waals surface area contributed by atoms with E-state index in [2.05, 4.69) is 0 Å². The van der Waals surface area contributed by atoms with Gasteiger partial charge in [0, 0.05) is 11.6 Å². The number of carbonyl (C=O) groups excluding carboxylic acids is 1. The Bertz CT molecular complexity index is 415. The van der Waals surface area contributed by atoms with Gasteiger partial charge < -0.3 is 14.6 Å². The van der Waals surface area contributed by atoms with Crippen LogP contribution >= 0.6 is 0 Å². The number of carbonyl (C=O) groups is 1. The van der Waals surface area contributed by atoms with E-state index in [1.165, 1.54) is 19.1 Å². The molecule has 0 saturated heterocycles. The predicted molar refractivity (Wildman–Crippen MR) is 63.8 cm³/mol. The van der Waals surface area contributed by atoms with Crippen LogP contribution in [0, 0.1) is 5.82 Å². The Kier molecular flexibility index (Phi) is 5.09. The molecule has 1 N–H and O–H groups in total. The quantitative estimate of drug-likeness (QED) is 0.821.